The number of rotatable bonds is 6. The summed E-state index contributed by atoms with van der Waals surface area (Å²) in [7, 11) is 0. The molecule has 0 bridgehead atoms. The summed E-state index contributed by atoms with van der Waals surface area (Å²) in [6, 6.07) is 0. The summed E-state index contributed by atoms with van der Waals surface area (Å²) in [5.41, 5.74) is 0. The maximum Gasteiger partial charge on any atom is 0.333 e. The average molecular weight is 228 g/mol. The van der Waals surface area contributed by atoms with Crippen LogP contribution in [-0.2, 0) is 19.1 Å². The number of ether oxygens (including phenoxy) is 2. The first-order valence-electron chi connectivity index (χ1n) is 4.20. The van der Waals surface area contributed by atoms with E-state index in [-0.39, 0.29) is 0 Å². The Bertz CT molecular complexity index is 276. The van der Waals surface area contributed by atoms with Crippen molar-refractivity contribution >= 4 is 11.9 Å². The van der Waals surface area contributed by atoms with Crippen molar-refractivity contribution in [2.75, 3.05) is 0 Å². The summed E-state index contributed by atoms with van der Waals surface area (Å²) in [5.74, 6) is -1.89. The molecule has 0 heterocycles. The van der Waals surface area contributed by atoms with E-state index in [9.17, 15) is 9.59 Å². The number of aliphatic hydroxyl groups is 2. The standard InChI is InChI=1S/C10H12O6/c1-3-7(11)15-9(13)5-6-10(14)16-8(12)4-2/h3-8,11-12H,1-2H2. The van der Waals surface area contributed by atoms with E-state index in [0.29, 0.717) is 0 Å². The third-order valence-corrected chi connectivity index (χ3v) is 1.23. The van der Waals surface area contributed by atoms with E-state index in [2.05, 4.69) is 22.6 Å². The average Bonchev–Trinajstić information content (AvgIpc) is 2.26. The van der Waals surface area contributed by atoms with Gasteiger partial charge in [0.05, 0.1) is 0 Å². The zero-order valence-corrected chi connectivity index (χ0v) is 8.41. The highest BCUT2D eigenvalue weighted by atomic mass is 16.6. The molecule has 0 rings (SSSR count). The van der Waals surface area contributed by atoms with Crippen LogP contribution in [0.1, 0.15) is 0 Å². The predicted molar refractivity (Wildman–Crippen MR) is 53.7 cm³/mol. The lowest BCUT2D eigenvalue weighted by atomic mass is 10.5. The van der Waals surface area contributed by atoms with Gasteiger partial charge in [0.25, 0.3) is 0 Å². The lowest BCUT2D eigenvalue weighted by Gasteiger charge is -2.05. The van der Waals surface area contributed by atoms with Gasteiger partial charge in [0.15, 0.2) is 0 Å². The molecule has 6 heteroatoms. The van der Waals surface area contributed by atoms with Gasteiger partial charge in [0.2, 0.25) is 12.6 Å². The summed E-state index contributed by atoms with van der Waals surface area (Å²) in [5, 5.41) is 17.6. The number of esters is 2. The first kappa shape index (κ1) is 14.1. The first-order chi connectivity index (χ1) is 7.49. The molecule has 0 saturated carbocycles. The third-order valence-electron chi connectivity index (χ3n) is 1.23. The molecular weight excluding hydrogens is 216 g/mol. The summed E-state index contributed by atoms with van der Waals surface area (Å²) in [4.78, 5) is 21.7. The molecule has 0 aromatic carbocycles. The van der Waals surface area contributed by atoms with Crippen molar-refractivity contribution < 1.29 is 29.3 Å². The molecule has 0 saturated heterocycles. The molecule has 0 aliphatic rings. The largest absolute Gasteiger partial charge is 0.429 e. The van der Waals surface area contributed by atoms with Crippen molar-refractivity contribution in [2.24, 2.45) is 0 Å². The van der Waals surface area contributed by atoms with E-state index in [1.165, 1.54) is 0 Å². The molecule has 2 N–H and O–H groups in total. The Morgan fingerprint density at radius 1 is 0.938 bits per heavy atom. The van der Waals surface area contributed by atoms with Crippen LogP contribution in [0.4, 0.5) is 0 Å². The first-order valence-corrected chi connectivity index (χ1v) is 4.20. The zero-order valence-electron chi connectivity index (χ0n) is 8.41. The van der Waals surface area contributed by atoms with Crippen LogP contribution >= 0.6 is 0 Å². The van der Waals surface area contributed by atoms with E-state index < -0.39 is 24.5 Å². The molecule has 0 aromatic rings. The number of hydrogen-bond acceptors (Lipinski definition) is 6. The molecule has 0 aromatic heterocycles. The maximum absolute atomic E-state index is 10.9. The van der Waals surface area contributed by atoms with Crippen LogP contribution in [0, 0.1) is 0 Å². The number of carbonyl (C=O) groups is 2. The Balaban J connectivity index is 4.07. The monoisotopic (exact) mass is 228 g/mol. The van der Waals surface area contributed by atoms with Crippen molar-refractivity contribution in [1.82, 2.24) is 0 Å². The lowest BCUT2D eigenvalue weighted by Crippen LogP contribution is -2.15. The molecule has 2 atom stereocenters. The van der Waals surface area contributed by atoms with Gasteiger partial charge in [-0.3, -0.25) is 0 Å². The van der Waals surface area contributed by atoms with Crippen LogP contribution < -0.4 is 0 Å². The Labute approximate surface area is 92.1 Å². The van der Waals surface area contributed by atoms with Gasteiger partial charge in [-0.1, -0.05) is 13.2 Å². The van der Waals surface area contributed by atoms with E-state index in [1.54, 1.807) is 0 Å². The minimum atomic E-state index is -1.44. The topological polar surface area (TPSA) is 93.1 Å². The van der Waals surface area contributed by atoms with Gasteiger partial charge >= 0.3 is 11.9 Å². The van der Waals surface area contributed by atoms with Crippen molar-refractivity contribution in [2.45, 2.75) is 12.6 Å². The molecule has 88 valence electrons. The molecule has 0 radical (unpaired) electrons. The maximum atomic E-state index is 10.9. The van der Waals surface area contributed by atoms with Gasteiger partial charge in [0, 0.05) is 12.2 Å². The molecule has 6 nitrogen and oxygen atoms in total. The summed E-state index contributed by atoms with van der Waals surface area (Å²) >= 11 is 0. The normalized spacial score (nSPS) is 13.9. The van der Waals surface area contributed by atoms with Crippen LogP contribution in [0.3, 0.4) is 0 Å². The smallest absolute Gasteiger partial charge is 0.333 e. The van der Waals surface area contributed by atoms with E-state index in [1.807, 2.05) is 0 Å². The Morgan fingerprint density at radius 2 is 1.25 bits per heavy atom. The summed E-state index contributed by atoms with van der Waals surface area (Å²) in [6.07, 6.45) is 0.589. The van der Waals surface area contributed by atoms with Gasteiger partial charge < -0.3 is 19.7 Å². The fourth-order valence-electron chi connectivity index (χ4n) is 0.549. The minimum Gasteiger partial charge on any atom is -0.429 e. The van der Waals surface area contributed by atoms with Gasteiger partial charge in [-0.25, -0.2) is 9.59 Å². The highest BCUT2D eigenvalue weighted by molar-refractivity contribution is 5.91. The van der Waals surface area contributed by atoms with Gasteiger partial charge in [-0.05, 0) is 12.2 Å². The lowest BCUT2D eigenvalue weighted by molar-refractivity contribution is -0.157. The van der Waals surface area contributed by atoms with Crippen LogP contribution in [0.25, 0.3) is 0 Å². The van der Waals surface area contributed by atoms with Crippen molar-refractivity contribution in [3.05, 3.63) is 37.5 Å². The van der Waals surface area contributed by atoms with Crippen molar-refractivity contribution in [1.29, 1.82) is 0 Å². The highest BCUT2D eigenvalue weighted by Gasteiger charge is 2.06. The minimum absolute atomic E-state index is 0.741. The second kappa shape index (κ2) is 7.38. The molecule has 0 aliphatic carbocycles. The SMILES string of the molecule is C=CC(O)OC(=O)C=CC(=O)OC(O)C=C. The van der Waals surface area contributed by atoms with Crippen LogP contribution in [0.15, 0.2) is 37.5 Å². The number of hydrogen-bond donors (Lipinski definition) is 2. The van der Waals surface area contributed by atoms with Crippen LogP contribution in [0.5, 0.6) is 0 Å². The molecule has 2 unspecified atom stereocenters. The van der Waals surface area contributed by atoms with E-state index in [0.717, 1.165) is 24.3 Å². The van der Waals surface area contributed by atoms with Gasteiger partial charge in [0.1, 0.15) is 0 Å². The molecule has 0 fully saturated rings. The Kier molecular flexibility index (Phi) is 6.50. The Morgan fingerprint density at radius 3 is 1.50 bits per heavy atom. The molecular formula is C10H12O6. The van der Waals surface area contributed by atoms with E-state index >= 15 is 0 Å². The molecule has 0 aliphatic heterocycles. The fourth-order valence-corrected chi connectivity index (χ4v) is 0.549. The second-order valence-corrected chi connectivity index (χ2v) is 2.46. The van der Waals surface area contributed by atoms with Crippen LogP contribution in [0.2, 0.25) is 0 Å². The van der Waals surface area contributed by atoms with Crippen LogP contribution in [-0.4, -0.2) is 34.7 Å². The fraction of sp³-hybridized carbons (Fsp3) is 0.200. The number of aliphatic hydroxyl groups excluding tert-OH is 2. The molecule has 0 spiro atoms. The van der Waals surface area contributed by atoms with Gasteiger partial charge in [-0.2, -0.15) is 0 Å². The second-order valence-electron chi connectivity index (χ2n) is 2.46. The third kappa shape index (κ3) is 6.52. The summed E-state index contributed by atoms with van der Waals surface area (Å²) in [6.45, 7) is 6.34. The Hall–Kier alpha value is -1.92. The van der Waals surface area contributed by atoms with Gasteiger partial charge in [-0.15, -0.1) is 0 Å². The highest BCUT2D eigenvalue weighted by Crippen LogP contribution is 1.93. The summed E-state index contributed by atoms with van der Waals surface area (Å²) < 4.78 is 8.61. The van der Waals surface area contributed by atoms with Crippen molar-refractivity contribution in [3.8, 4) is 0 Å². The molecule has 16 heavy (non-hydrogen) atoms. The van der Waals surface area contributed by atoms with Crippen molar-refractivity contribution in [3.63, 3.8) is 0 Å². The molecule has 0 amide bonds. The number of carbonyl (C=O) groups excluding carboxylic acids is 2. The van der Waals surface area contributed by atoms with E-state index in [4.69, 9.17) is 10.2 Å². The quantitative estimate of drug-likeness (QED) is 0.279. The predicted octanol–water partition coefficient (Wildman–Crippen LogP) is -0.362. The zero-order chi connectivity index (χ0) is 12.6.